The lowest BCUT2D eigenvalue weighted by atomic mass is 10.3. The fraction of sp³-hybridized carbons (Fsp3) is 0.391. The number of halogens is 3. The van der Waals surface area contributed by atoms with Gasteiger partial charge >= 0.3 is 0 Å². The zero-order chi connectivity index (χ0) is 23.1. The van der Waals surface area contributed by atoms with E-state index < -0.39 is 0 Å². The van der Waals surface area contributed by atoms with Gasteiger partial charge in [-0.3, -0.25) is 9.69 Å². The third-order valence-electron chi connectivity index (χ3n) is 4.80. The number of thiazole rings is 1. The highest BCUT2D eigenvalue weighted by atomic mass is 35.5. The molecular formula is C23H28Cl2FN3O2S2. The Morgan fingerprint density at radius 2 is 1.88 bits per heavy atom. The summed E-state index contributed by atoms with van der Waals surface area (Å²) in [6.07, 6.45) is 1.97. The highest BCUT2D eigenvalue weighted by Gasteiger charge is 2.21. The lowest BCUT2D eigenvalue weighted by Gasteiger charge is -2.21. The van der Waals surface area contributed by atoms with E-state index in [1.54, 1.807) is 48.0 Å². The molecule has 0 bridgehead atoms. The van der Waals surface area contributed by atoms with Crippen molar-refractivity contribution in [2.75, 3.05) is 44.9 Å². The summed E-state index contributed by atoms with van der Waals surface area (Å²) in [4.78, 5) is 22.7. The number of carbonyl (C=O) groups excluding carboxylic acids is 1. The molecule has 0 aliphatic heterocycles. The van der Waals surface area contributed by atoms with Gasteiger partial charge < -0.3 is 9.64 Å². The van der Waals surface area contributed by atoms with Gasteiger partial charge in [0.15, 0.2) is 5.13 Å². The number of fused-ring (bicyclic) bond motifs is 1. The van der Waals surface area contributed by atoms with Crippen molar-refractivity contribution in [2.24, 2.45) is 0 Å². The number of anilines is 1. The summed E-state index contributed by atoms with van der Waals surface area (Å²) < 4.78 is 19.3. The molecule has 0 N–H and O–H groups in total. The minimum atomic E-state index is -0.245. The number of methoxy groups -OCH3 is 1. The van der Waals surface area contributed by atoms with Crippen molar-refractivity contribution >= 4 is 68.4 Å². The molecule has 10 heteroatoms. The van der Waals surface area contributed by atoms with Gasteiger partial charge in [-0.05, 0) is 75.6 Å². The van der Waals surface area contributed by atoms with Crippen molar-refractivity contribution in [3.63, 3.8) is 0 Å². The minimum absolute atomic E-state index is 0. The molecule has 0 radical (unpaired) electrons. The summed E-state index contributed by atoms with van der Waals surface area (Å²) in [6, 6.07) is 9.99. The molecule has 3 rings (SSSR count). The first-order chi connectivity index (χ1) is 15.4. The maximum atomic E-state index is 13.1. The van der Waals surface area contributed by atoms with Crippen LogP contribution < -0.4 is 9.64 Å². The number of amides is 1. The van der Waals surface area contributed by atoms with E-state index in [-0.39, 0.29) is 24.1 Å². The molecule has 33 heavy (non-hydrogen) atoms. The lowest BCUT2D eigenvalue weighted by Crippen LogP contribution is -2.33. The van der Waals surface area contributed by atoms with Crippen molar-refractivity contribution in [2.45, 2.75) is 24.2 Å². The first-order valence-corrected chi connectivity index (χ1v) is 12.5. The zero-order valence-electron chi connectivity index (χ0n) is 18.8. The number of aromatic nitrogens is 1. The van der Waals surface area contributed by atoms with Crippen molar-refractivity contribution in [3.05, 3.63) is 47.2 Å². The van der Waals surface area contributed by atoms with Gasteiger partial charge in [-0.2, -0.15) is 0 Å². The van der Waals surface area contributed by atoms with E-state index in [1.807, 2.05) is 14.1 Å². The maximum absolute atomic E-state index is 13.1. The topological polar surface area (TPSA) is 45.7 Å². The summed E-state index contributed by atoms with van der Waals surface area (Å²) in [5, 5.41) is 1.24. The highest BCUT2D eigenvalue weighted by molar-refractivity contribution is 7.99. The van der Waals surface area contributed by atoms with E-state index in [0.717, 1.165) is 34.7 Å². The number of hydrogen-bond donors (Lipinski definition) is 0. The third kappa shape index (κ3) is 7.72. The van der Waals surface area contributed by atoms with Crippen LogP contribution in [0.2, 0.25) is 5.02 Å². The van der Waals surface area contributed by atoms with Crippen LogP contribution in [-0.2, 0) is 4.79 Å². The van der Waals surface area contributed by atoms with Gasteiger partial charge in [0, 0.05) is 17.9 Å². The standard InChI is InChI=1S/C23H27ClFN3O2S2.ClH/c1-27(2)13-5-14-28(20(29)6-4-15-31-17-9-7-16(25)8-10-17)23-26-21-19(30-3)12-11-18(24)22(21)32-23;/h7-12H,4-6,13-15H2,1-3H3;1H. The predicted octanol–water partition coefficient (Wildman–Crippen LogP) is 6.38. The Balaban J connectivity index is 0.00000385. The van der Waals surface area contributed by atoms with Crippen LogP contribution >= 0.6 is 47.1 Å². The average Bonchev–Trinajstić information content (AvgIpc) is 3.21. The molecule has 1 heterocycles. The first kappa shape index (κ1) is 27.7. The second-order valence-corrected chi connectivity index (χ2v) is 10.1. The monoisotopic (exact) mass is 531 g/mol. The van der Waals surface area contributed by atoms with Crippen LogP contribution in [0.1, 0.15) is 19.3 Å². The van der Waals surface area contributed by atoms with Crippen LogP contribution in [0.5, 0.6) is 5.75 Å². The zero-order valence-corrected chi connectivity index (χ0v) is 22.1. The second kappa shape index (κ2) is 13.3. The molecule has 0 aliphatic carbocycles. The van der Waals surface area contributed by atoms with Crippen molar-refractivity contribution in [1.82, 2.24) is 9.88 Å². The molecular weight excluding hydrogens is 504 g/mol. The van der Waals surface area contributed by atoms with Crippen molar-refractivity contribution < 1.29 is 13.9 Å². The molecule has 1 amide bonds. The number of thioether (sulfide) groups is 1. The largest absolute Gasteiger partial charge is 0.494 e. The molecule has 0 fully saturated rings. The summed E-state index contributed by atoms with van der Waals surface area (Å²) in [5.74, 6) is 1.22. The Morgan fingerprint density at radius 1 is 1.15 bits per heavy atom. The molecule has 180 valence electrons. The van der Waals surface area contributed by atoms with Gasteiger partial charge in [0.25, 0.3) is 0 Å². The molecule has 0 unspecified atom stereocenters. The van der Waals surface area contributed by atoms with E-state index >= 15 is 0 Å². The van der Waals surface area contributed by atoms with E-state index in [1.165, 1.54) is 23.5 Å². The van der Waals surface area contributed by atoms with Crippen LogP contribution in [0.3, 0.4) is 0 Å². The number of carbonyl (C=O) groups is 1. The van der Waals surface area contributed by atoms with Crippen LogP contribution in [0, 0.1) is 5.82 Å². The van der Waals surface area contributed by atoms with Crippen LogP contribution in [-0.4, -0.2) is 55.8 Å². The lowest BCUT2D eigenvalue weighted by molar-refractivity contribution is -0.118. The van der Waals surface area contributed by atoms with Crippen molar-refractivity contribution in [3.8, 4) is 5.75 Å². The van der Waals surface area contributed by atoms with E-state index in [4.69, 9.17) is 21.3 Å². The molecule has 0 aliphatic rings. The Labute approximate surface area is 213 Å². The highest BCUT2D eigenvalue weighted by Crippen LogP contribution is 2.39. The predicted molar refractivity (Wildman–Crippen MR) is 140 cm³/mol. The number of rotatable bonds is 11. The Bertz CT molecular complexity index is 1050. The van der Waals surface area contributed by atoms with Gasteiger partial charge in [0.1, 0.15) is 17.1 Å². The maximum Gasteiger partial charge on any atom is 0.228 e. The Hall–Kier alpha value is -1.58. The molecule has 2 aromatic carbocycles. The summed E-state index contributed by atoms with van der Waals surface area (Å²) in [6.45, 7) is 1.46. The molecule has 5 nitrogen and oxygen atoms in total. The SMILES string of the molecule is COc1ccc(Cl)c2sc(N(CCCN(C)C)C(=O)CCCSc3ccc(F)cc3)nc12.Cl. The summed E-state index contributed by atoms with van der Waals surface area (Å²) >= 11 is 9.41. The van der Waals surface area contributed by atoms with Crippen LogP contribution in [0.25, 0.3) is 10.2 Å². The van der Waals surface area contributed by atoms with Crippen molar-refractivity contribution in [1.29, 1.82) is 0 Å². The van der Waals surface area contributed by atoms with E-state index in [9.17, 15) is 9.18 Å². The van der Waals surface area contributed by atoms with E-state index in [0.29, 0.717) is 34.4 Å². The molecule has 0 saturated carbocycles. The average molecular weight is 533 g/mol. The number of ether oxygens (including phenoxy) is 1. The Morgan fingerprint density at radius 3 is 2.55 bits per heavy atom. The summed E-state index contributed by atoms with van der Waals surface area (Å²) in [5.41, 5.74) is 0.678. The third-order valence-corrected chi connectivity index (χ3v) is 7.44. The van der Waals surface area contributed by atoms with Gasteiger partial charge in [-0.15, -0.1) is 24.2 Å². The smallest absolute Gasteiger partial charge is 0.228 e. The number of hydrogen-bond acceptors (Lipinski definition) is 6. The first-order valence-electron chi connectivity index (χ1n) is 10.4. The van der Waals surface area contributed by atoms with Crippen LogP contribution in [0.15, 0.2) is 41.3 Å². The van der Waals surface area contributed by atoms with Gasteiger partial charge in [0.05, 0.1) is 16.8 Å². The number of nitrogens with zero attached hydrogens (tertiary/aromatic N) is 3. The van der Waals surface area contributed by atoms with E-state index in [2.05, 4.69) is 4.90 Å². The molecule has 0 atom stereocenters. The van der Waals surface area contributed by atoms with Gasteiger partial charge in [0.2, 0.25) is 5.91 Å². The van der Waals surface area contributed by atoms with Gasteiger partial charge in [-0.1, -0.05) is 22.9 Å². The minimum Gasteiger partial charge on any atom is -0.494 e. The summed E-state index contributed by atoms with van der Waals surface area (Å²) in [7, 11) is 5.63. The fourth-order valence-corrected chi connectivity index (χ4v) is 5.33. The normalized spacial score (nSPS) is 11.0. The Kier molecular flexibility index (Phi) is 11.2. The second-order valence-electron chi connectivity index (χ2n) is 7.53. The van der Waals surface area contributed by atoms with Gasteiger partial charge in [-0.25, -0.2) is 9.37 Å². The van der Waals surface area contributed by atoms with Crippen LogP contribution in [0.4, 0.5) is 9.52 Å². The molecule has 0 saturated heterocycles. The number of benzene rings is 2. The fourth-order valence-electron chi connectivity index (χ4n) is 3.17. The molecule has 0 spiro atoms. The quantitative estimate of drug-likeness (QED) is 0.212. The molecule has 3 aromatic rings. The molecule has 1 aromatic heterocycles.